The first kappa shape index (κ1) is 29.3. The molecule has 0 spiro atoms. The second-order valence-corrected chi connectivity index (χ2v) is 9.26. The van der Waals surface area contributed by atoms with Crippen molar-refractivity contribution in [3.8, 4) is 0 Å². The fraction of sp³-hybridized carbons (Fsp3) is 0.500. The minimum Gasteiger partial charge on any atom is -0.453 e. The molecule has 0 aliphatic carbocycles. The number of methoxy groups -OCH3 is 1. The Hall–Kier alpha value is -3.89. The quantitative estimate of drug-likeness (QED) is 0.485. The fourth-order valence-electron chi connectivity index (χ4n) is 3.74. The van der Waals surface area contributed by atoms with Gasteiger partial charge in [0.15, 0.2) is 0 Å². The van der Waals surface area contributed by atoms with Gasteiger partial charge in [-0.15, -0.1) is 0 Å². The van der Waals surface area contributed by atoms with Crippen LogP contribution in [0.2, 0.25) is 0 Å². The van der Waals surface area contributed by atoms with E-state index in [1.807, 2.05) is 30.3 Å². The maximum absolute atomic E-state index is 12.8. The number of ether oxygens (including phenoxy) is 1. The van der Waals surface area contributed by atoms with Crippen LogP contribution < -0.4 is 10.6 Å². The van der Waals surface area contributed by atoms with E-state index >= 15 is 0 Å². The first-order chi connectivity index (χ1) is 17.5. The smallest absolute Gasteiger partial charge is 0.409 e. The third-order valence-electron chi connectivity index (χ3n) is 6.26. The lowest BCUT2D eigenvalue weighted by molar-refractivity contribution is -0.143. The minimum atomic E-state index is -0.863. The van der Waals surface area contributed by atoms with Crippen molar-refractivity contribution in [1.82, 2.24) is 25.3 Å². The Kier molecular flexibility index (Phi) is 10.6. The molecule has 2 rings (SSSR count). The van der Waals surface area contributed by atoms with Crippen LogP contribution >= 0.6 is 0 Å². The van der Waals surface area contributed by atoms with Gasteiger partial charge >= 0.3 is 6.09 Å². The molecule has 0 radical (unpaired) electrons. The molecule has 1 aromatic rings. The van der Waals surface area contributed by atoms with Crippen LogP contribution in [0.15, 0.2) is 42.7 Å². The van der Waals surface area contributed by atoms with Gasteiger partial charge in [-0.2, -0.15) is 0 Å². The molecule has 5 amide bonds. The van der Waals surface area contributed by atoms with Crippen LogP contribution in [0.25, 0.3) is 0 Å². The van der Waals surface area contributed by atoms with Crippen molar-refractivity contribution in [1.29, 1.82) is 0 Å². The Morgan fingerprint density at radius 3 is 2.30 bits per heavy atom. The summed E-state index contributed by atoms with van der Waals surface area (Å²) >= 11 is 0. The summed E-state index contributed by atoms with van der Waals surface area (Å²) in [5.74, 6) is -1.71. The van der Waals surface area contributed by atoms with E-state index in [4.69, 9.17) is 0 Å². The number of hydrogen-bond donors (Lipinski definition) is 2. The van der Waals surface area contributed by atoms with Gasteiger partial charge < -0.3 is 25.2 Å². The van der Waals surface area contributed by atoms with E-state index in [0.29, 0.717) is 6.54 Å². The average Bonchev–Trinajstić information content (AvgIpc) is 2.88. The van der Waals surface area contributed by atoms with Crippen molar-refractivity contribution >= 4 is 29.7 Å². The predicted molar refractivity (Wildman–Crippen MR) is 136 cm³/mol. The van der Waals surface area contributed by atoms with Crippen molar-refractivity contribution in [2.24, 2.45) is 5.92 Å². The number of nitrogens with zero attached hydrogens (tertiary/aromatic N) is 3. The largest absolute Gasteiger partial charge is 0.453 e. The number of carbonyl (C=O) groups excluding carboxylic acids is 5. The summed E-state index contributed by atoms with van der Waals surface area (Å²) < 4.78 is 4.62. The van der Waals surface area contributed by atoms with Gasteiger partial charge in [-0.05, 0) is 25.3 Å². The summed E-state index contributed by atoms with van der Waals surface area (Å²) in [6, 6.07) is 7.17. The summed E-state index contributed by atoms with van der Waals surface area (Å²) in [7, 11) is 2.64. The second-order valence-electron chi connectivity index (χ2n) is 9.26. The van der Waals surface area contributed by atoms with E-state index in [9.17, 15) is 24.0 Å². The Bertz CT molecular complexity index is 1010. The molecule has 11 nitrogen and oxygen atoms in total. The maximum Gasteiger partial charge on any atom is 0.409 e. The van der Waals surface area contributed by atoms with Crippen LogP contribution in [0.5, 0.6) is 0 Å². The highest BCUT2D eigenvalue weighted by atomic mass is 16.5. The predicted octanol–water partition coefficient (Wildman–Crippen LogP) is 1.45. The van der Waals surface area contributed by atoms with Crippen molar-refractivity contribution in [2.75, 3.05) is 20.7 Å². The third kappa shape index (κ3) is 7.80. The molecule has 37 heavy (non-hydrogen) atoms. The number of likely N-dealkylation sites (N-methyl/N-ethyl adjacent to an activating group) is 1. The number of hydrogen-bond acceptors (Lipinski definition) is 6. The second kappa shape index (κ2) is 13.4. The normalized spacial score (nSPS) is 16.7. The Morgan fingerprint density at radius 2 is 1.70 bits per heavy atom. The molecule has 0 aromatic heterocycles. The molecule has 0 fully saturated rings. The lowest BCUT2D eigenvalue weighted by atomic mass is 10.0. The van der Waals surface area contributed by atoms with Crippen LogP contribution in [0.3, 0.4) is 0 Å². The number of carbonyl (C=O) groups is 5. The van der Waals surface area contributed by atoms with Gasteiger partial charge in [0.1, 0.15) is 18.1 Å². The van der Waals surface area contributed by atoms with E-state index < -0.39 is 36.0 Å². The Morgan fingerprint density at radius 1 is 1.05 bits per heavy atom. The first-order valence-electron chi connectivity index (χ1n) is 12.2. The van der Waals surface area contributed by atoms with Crippen LogP contribution in [0, 0.1) is 5.92 Å². The highest BCUT2D eigenvalue weighted by molar-refractivity contribution is 5.92. The SMILES string of the molecule is COC(=O)N(C)[C@@H](C)C(=O)N[C@H](C(=O)NCCC(=O)N1C=CN(Cc2ccccc2)C(=O)[C@@H]1C)C(C)C. The molecule has 1 aliphatic rings. The van der Waals surface area contributed by atoms with Crippen molar-refractivity contribution < 1.29 is 28.7 Å². The van der Waals surface area contributed by atoms with E-state index in [2.05, 4.69) is 15.4 Å². The van der Waals surface area contributed by atoms with E-state index in [-0.39, 0.29) is 30.7 Å². The number of benzene rings is 1. The maximum atomic E-state index is 12.8. The van der Waals surface area contributed by atoms with Gasteiger partial charge in [0.25, 0.3) is 0 Å². The van der Waals surface area contributed by atoms with Gasteiger partial charge in [-0.3, -0.25) is 24.1 Å². The van der Waals surface area contributed by atoms with Gasteiger partial charge in [0, 0.05) is 32.4 Å². The van der Waals surface area contributed by atoms with Crippen LogP contribution in [0.1, 0.15) is 39.7 Å². The fourth-order valence-corrected chi connectivity index (χ4v) is 3.74. The number of rotatable bonds is 10. The molecule has 202 valence electrons. The van der Waals surface area contributed by atoms with Crippen LogP contribution in [-0.2, 0) is 30.5 Å². The monoisotopic (exact) mass is 515 g/mol. The molecule has 1 aliphatic heterocycles. The Labute approximate surface area is 217 Å². The van der Waals surface area contributed by atoms with Crippen LogP contribution in [0.4, 0.5) is 4.79 Å². The molecule has 0 bridgehead atoms. The molecule has 1 heterocycles. The summed E-state index contributed by atoms with van der Waals surface area (Å²) in [6.45, 7) is 7.18. The Balaban J connectivity index is 1.90. The standard InChI is InChI=1S/C26H37N5O6/c1-17(2)22(28-23(33)18(3)29(5)26(36)37-6)24(34)27-13-12-21(32)31-15-14-30(25(35)19(31)4)16-20-10-8-7-9-11-20/h7-11,14-15,17-19,22H,12-13,16H2,1-6H3,(H,27,34)(H,28,33)/t18-,19-,22-/m0/s1. The molecular formula is C26H37N5O6. The zero-order valence-corrected chi connectivity index (χ0v) is 22.3. The summed E-state index contributed by atoms with van der Waals surface area (Å²) in [4.78, 5) is 66.6. The van der Waals surface area contributed by atoms with Gasteiger partial charge in [0.2, 0.25) is 23.6 Å². The molecule has 0 saturated heterocycles. The highest BCUT2D eigenvalue weighted by Gasteiger charge is 2.32. The highest BCUT2D eigenvalue weighted by Crippen LogP contribution is 2.16. The van der Waals surface area contributed by atoms with Gasteiger partial charge in [-0.25, -0.2) is 4.79 Å². The van der Waals surface area contributed by atoms with Gasteiger partial charge in [-0.1, -0.05) is 44.2 Å². The number of amides is 5. The molecule has 1 aromatic carbocycles. The topological polar surface area (TPSA) is 128 Å². The molecule has 11 heteroatoms. The molecule has 0 saturated carbocycles. The molecule has 2 N–H and O–H groups in total. The van der Waals surface area contributed by atoms with E-state index in [1.165, 1.54) is 26.0 Å². The van der Waals surface area contributed by atoms with E-state index in [0.717, 1.165) is 10.5 Å². The zero-order chi connectivity index (χ0) is 27.7. The average molecular weight is 516 g/mol. The lowest BCUT2D eigenvalue weighted by Gasteiger charge is -2.34. The van der Waals surface area contributed by atoms with Gasteiger partial charge in [0.05, 0.1) is 13.7 Å². The van der Waals surface area contributed by atoms with Crippen molar-refractivity contribution in [3.05, 3.63) is 48.3 Å². The first-order valence-corrected chi connectivity index (χ1v) is 12.2. The van der Waals surface area contributed by atoms with Crippen molar-refractivity contribution in [2.45, 2.75) is 58.8 Å². The van der Waals surface area contributed by atoms with E-state index in [1.54, 1.807) is 38.1 Å². The molecular weight excluding hydrogens is 478 g/mol. The van der Waals surface area contributed by atoms with Crippen LogP contribution in [-0.4, -0.2) is 83.2 Å². The number of nitrogens with one attached hydrogen (secondary N) is 2. The summed E-state index contributed by atoms with van der Waals surface area (Å²) in [5.41, 5.74) is 0.980. The minimum absolute atomic E-state index is 0.0212. The summed E-state index contributed by atoms with van der Waals surface area (Å²) in [5, 5.41) is 5.34. The lowest BCUT2D eigenvalue weighted by Crippen LogP contribution is -2.55. The molecule has 3 atom stereocenters. The van der Waals surface area contributed by atoms with Crippen molar-refractivity contribution in [3.63, 3.8) is 0 Å². The third-order valence-corrected chi connectivity index (χ3v) is 6.26. The summed E-state index contributed by atoms with van der Waals surface area (Å²) in [6.07, 6.45) is 2.47. The zero-order valence-electron chi connectivity index (χ0n) is 22.3. The molecule has 0 unspecified atom stereocenters.